The van der Waals surface area contributed by atoms with Crippen LogP contribution in [0.5, 0.6) is 17.2 Å². The minimum absolute atomic E-state index is 0.0769. The second kappa shape index (κ2) is 14.7. The van der Waals surface area contributed by atoms with Gasteiger partial charge >= 0.3 is 16.1 Å². The summed E-state index contributed by atoms with van der Waals surface area (Å²) in [7, 11) is -3.66. The maximum atomic E-state index is 11.3. The molecule has 1 N–H and O–H groups in total. The van der Waals surface area contributed by atoms with Gasteiger partial charge in [0.05, 0.1) is 30.6 Å². The molecule has 0 saturated heterocycles. The summed E-state index contributed by atoms with van der Waals surface area (Å²) >= 11 is 6.15. The van der Waals surface area contributed by atoms with Gasteiger partial charge in [0.15, 0.2) is 17.2 Å². The first kappa shape index (κ1) is 29.5. The molecule has 0 radical (unpaired) electrons. The first-order chi connectivity index (χ1) is 17.1. The van der Waals surface area contributed by atoms with Gasteiger partial charge in [-0.1, -0.05) is 43.2 Å². The van der Waals surface area contributed by atoms with Gasteiger partial charge in [0, 0.05) is 19.1 Å². The lowest BCUT2D eigenvalue weighted by atomic mass is 10.1. The Morgan fingerprint density at radius 1 is 1.06 bits per heavy atom. The summed E-state index contributed by atoms with van der Waals surface area (Å²) in [5, 5.41) is 9.06. The molecule has 198 valence electrons. The fourth-order valence-electron chi connectivity index (χ4n) is 3.29. The van der Waals surface area contributed by atoms with E-state index in [-0.39, 0.29) is 16.9 Å². The normalized spacial score (nSPS) is 12.4. The van der Waals surface area contributed by atoms with Crippen molar-refractivity contribution in [3.05, 3.63) is 64.7 Å². The molecule has 0 bridgehead atoms. The molecule has 0 aliphatic carbocycles. The number of carboxylic acid groups (broad SMARTS) is 1. The zero-order valence-corrected chi connectivity index (χ0v) is 22.3. The molecule has 10 heteroatoms. The average molecular weight is 541 g/mol. The van der Waals surface area contributed by atoms with Crippen LogP contribution in [0.2, 0.25) is 5.02 Å². The first-order valence-corrected chi connectivity index (χ1v) is 13.9. The predicted molar refractivity (Wildman–Crippen MR) is 139 cm³/mol. The van der Waals surface area contributed by atoms with Crippen molar-refractivity contribution in [3.63, 3.8) is 0 Å². The quantitative estimate of drug-likeness (QED) is 0.167. The van der Waals surface area contributed by atoms with E-state index >= 15 is 0 Å². The van der Waals surface area contributed by atoms with Crippen LogP contribution in [0.15, 0.2) is 48.6 Å². The van der Waals surface area contributed by atoms with Crippen molar-refractivity contribution in [2.24, 2.45) is 0 Å². The zero-order valence-electron chi connectivity index (χ0n) is 20.7. The molecule has 1 atom stereocenters. The number of hydrogen-bond acceptors (Lipinski definition) is 7. The zero-order chi connectivity index (χ0) is 26.6. The van der Waals surface area contributed by atoms with Crippen molar-refractivity contribution in [2.75, 3.05) is 26.1 Å². The molecule has 0 heterocycles. The van der Waals surface area contributed by atoms with Gasteiger partial charge in [0.2, 0.25) is 0 Å². The van der Waals surface area contributed by atoms with Crippen LogP contribution in [0.4, 0.5) is 0 Å². The van der Waals surface area contributed by atoms with Gasteiger partial charge in [0.25, 0.3) is 0 Å². The fraction of sp³-hybridized carbons (Fsp3) is 0.423. The third-order valence-corrected chi connectivity index (χ3v) is 5.74. The van der Waals surface area contributed by atoms with Gasteiger partial charge in [-0.05, 0) is 55.2 Å². The van der Waals surface area contributed by atoms with Crippen LogP contribution in [0.25, 0.3) is 0 Å². The molecule has 2 aromatic rings. The number of unbranched alkanes of at least 4 members (excludes halogenated alkanes) is 1. The third kappa shape index (κ3) is 10.5. The van der Waals surface area contributed by atoms with Crippen LogP contribution >= 0.6 is 11.6 Å². The highest BCUT2D eigenvalue weighted by Crippen LogP contribution is 2.34. The van der Waals surface area contributed by atoms with Crippen LogP contribution in [0.1, 0.15) is 50.3 Å². The van der Waals surface area contributed by atoms with Gasteiger partial charge in [-0.25, -0.2) is 4.79 Å². The highest BCUT2D eigenvalue weighted by atomic mass is 35.5. The number of rotatable bonds is 16. The number of carbonyl (C=O) groups is 1. The Morgan fingerprint density at radius 3 is 2.42 bits per heavy atom. The minimum atomic E-state index is -3.66. The molecule has 1 unspecified atom stereocenters. The van der Waals surface area contributed by atoms with E-state index in [0.29, 0.717) is 44.2 Å². The van der Waals surface area contributed by atoms with Crippen molar-refractivity contribution in [1.82, 2.24) is 0 Å². The molecular weight excluding hydrogens is 508 g/mol. The Bertz CT molecular complexity index is 1130. The van der Waals surface area contributed by atoms with Crippen molar-refractivity contribution in [3.8, 4) is 17.2 Å². The van der Waals surface area contributed by atoms with E-state index in [1.54, 1.807) is 18.2 Å². The Kier molecular flexibility index (Phi) is 12.1. The van der Waals surface area contributed by atoms with Gasteiger partial charge in [-0.15, -0.1) is 0 Å². The molecule has 0 aromatic heterocycles. The highest BCUT2D eigenvalue weighted by Gasteiger charge is 2.15. The smallest absolute Gasteiger partial charge is 0.327 e. The number of carboxylic acids is 1. The fourth-order valence-corrected chi connectivity index (χ4v) is 4.05. The highest BCUT2D eigenvalue weighted by molar-refractivity contribution is 7.86. The standard InChI is InChI=1S/C26H33ClO8S/c1-4-6-15-33-25-18-20(22(32-5-2)8-7-9-26(28)29)11-13-24(25)34-16-14-19-10-12-23(21(27)17-19)35-36(3,30)31/h7,9-13,17-18,22H,4-6,8,14-16H2,1-3H3,(H,28,29). The van der Waals surface area contributed by atoms with Crippen LogP contribution in [0.3, 0.4) is 0 Å². The molecule has 0 amide bonds. The van der Waals surface area contributed by atoms with Gasteiger partial charge in [-0.3, -0.25) is 0 Å². The molecule has 0 aliphatic rings. The summed E-state index contributed by atoms with van der Waals surface area (Å²) in [6.45, 7) is 5.31. The van der Waals surface area contributed by atoms with E-state index in [0.717, 1.165) is 36.3 Å². The van der Waals surface area contributed by atoms with Crippen molar-refractivity contribution >= 4 is 27.7 Å². The molecule has 0 saturated carbocycles. The lowest BCUT2D eigenvalue weighted by molar-refractivity contribution is -0.131. The Morgan fingerprint density at radius 2 is 1.78 bits per heavy atom. The Hall–Kier alpha value is -2.75. The van der Waals surface area contributed by atoms with Gasteiger partial charge in [0.1, 0.15) is 0 Å². The molecule has 36 heavy (non-hydrogen) atoms. The maximum Gasteiger partial charge on any atom is 0.327 e. The van der Waals surface area contributed by atoms with Crippen molar-refractivity contribution in [1.29, 1.82) is 0 Å². The summed E-state index contributed by atoms with van der Waals surface area (Å²) < 4.78 is 45.3. The van der Waals surface area contributed by atoms with Crippen LogP contribution in [-0.4, -0.2) is 45.6 Å². The molecule has 2 rings (SSSR count). The molecule has 0 spiro atoms. The van der Waals surface area contributed by atoms with Gasteiger partial charge in [-0.2, -0.15) is 8.42 Å². The van der Waals surface area contributed by atoms with E-state index in [2.05, 4.69) is 6.92 Å². The molecule has 0 fully saturated rings. The number of ether oxygens (including phenoxy) is 3. The van der Waals surface area contributed by atoms with Gasteiger partial charge < -0.3 is 23.5 Å². The van der Waals surface area contributed by atoms with E-state index in [4.69, 9.17) is 35.1 Å². The van der Waals surface area contributed by atoms with Crippen LogP contribution in [0, 0.1) is 0 Å². The summed E-state index contributed by atoms with van der Waals surface area (Å²) in [6, 6.07) is 10.5. The van der Waals surface area contributed by atoms with Crippen LogP contribution < -0.4 is 13.7 Å². The summed E-state index contributed by atoms with van der Waals surface area (Å²) in [4.78, 5) is 10.8. The third-order valence-electron chi connectivity index (χ3n) is 4.96. The lowest BCUT2D eigenvalue weighted by Crippen LogP contribution is -2.08. The molecule has 8 nitrogen and oxygen atoms in total. The molecule has 0 aliphatic heterocycles. The van der Waals surface area contributed by atoms with E-state index in [9.17, 15) is 13.2 Å². The maximum absolute atomic E-state index is 11.3. The Labute approximate surface area is 217 Å². The van der Waals surface area contributed by atoms with Crippen molar-refractivity contribution < 1.29 is 36.7 Å². The second-order valence-electron chi connectivity index (χ2n) is 7.98. The topological polar surface area (TPSA) is 108 Å². The minimum Gasteiger partial charge on any atom is -0.490 e. The number of aliphatic carboxylic acids is 1. The Balaban J connectivity index is 2.13. The number of halogens is 1. The first-order valence-electron chi connectivity index (χ1n) is 11.7. The summed E-state index contributed by atoms with van der Waals surface area (Å²) in [5.41, 5.74) is 1.71. The predicted octanol–water partition coefficient (Wildman–Crippen LogP) is 5.59. The largest absolute Gasteiger partial charge is 0.490 e. The monoisotopic (exact) mass is 540 g/mol. The number of benzene rings is 2. The second-order valence-corrected chi connectivity index (χ2v) is 9.96. The summed E-state index contributed by atoms with van der Waals surface area (Å²) in [5.74, 6) is 0.238. The SMILES string of the molecule is CCCCOc1cc(C(CC=CC(=O)O)OCC)ccc1OCCc1ccc(OS(C)(=O)=O)c(Cl)c1. The summed E-state index contributed by atoms with van der Waals surface area (Å²) in [6.07, 6.45) is 6.13. The lowest BCUT2D eigenvalue weighted by Gasteiger charge is -2.19. The number of hydrogen-bond donors (Lipinski definition) is 1. The van der Waals surface area contributed by atoms with E-state index < -0.39 is 16.1 Å². The van der Waals surface area contributed by atoms with Crippen molar-refractivity contribution in [2.45, 2.75) is 45.6 Å². The molecule has 2 aromatic carbocycles. The molecular formula is C26H33ClO8S. The van der Waals surface area contributed by atoms with E-state index in [1.165, 1.54) is 6.07 Å². The van der Waals surface area contributed by atoms with E-state index in [1.807, 2.05) is 25.1 Å². The average Bonchev–Trinajstić information content (AvgIpc) is 2.80. The van der Waals surface area contributed by atoms with Crippen LogP contribution in [-0.2, 0) is 26.1 Å².